The fourth-order valence-electron chi connectivity index (χ4n) is 1.54. The maximum atomic E-state index is 11.6. The van der Waals surface area contributed by atoms with Crippen molar-refractivity contribution in [3.05, 3.63) is 29.8 Å². The van der Waals surface area contributed by atoms with Gasteiger partial charge in [0.15, 0.2) is 0 Å². The minimum absolute atomic E-state index is 0.0899. The molecule has 0 saturated carbocycles. The molecule has 1 heterocycles. The number of hydrogen-bond acceptors (Lipinski definition) is 3. The molecule has 0 bridgehead atoms. The van der Waals surface area contributed by atoms with E-state index in [2.05, 4.69) is 0 Å². The molecule has 0 amide bonds. The lowest BCUT2D eigenvalue weighted by atomic mass is 10.2. The molecule has 0 spiro atoms. The van der Waals surface area contributed by atoms with Crippen molar-refractivity contribution in [2.75, 3.05) is 10.8 Å². The number of benzene rings is 1. The van der Waals surface area contributed by atoms with Crippen molar-refractivity contribution in [2.45, 2.75) is 26.4 Å². The average Bonchev–Trinajstić information content (AvgIpc) is 2.61. The molecule has 0 aromatic heterocycles. The largest absolute Gasteiger partial charge is 0.560 e. The monoisotopic (exact) mass is 225 g/mol. The van der Waals surface area contributed by atoms with Gasteiger partial charge in [-0.2, -0.15) is 4.31 Å². The summed E-state index contributed by atoms with van der Waals surface area (Å²) in [5.41, 5.74) is 2.17. The summed E-state index contributed by atoms with van der Waals surface area (Å²) in [4.78, 5) is 0. The van der Waals surface area contributed by atoms with Crippen molar-refractivity contribution in [2.24, 2.45) is 0 Å². The molecule has 4 heteroatoms. The van der Waals surface area contributed by atoms with Gasteiger partial charge in [0, 0.05) is 0 Å². The maximum absolute atomic E-state index is 11.6. The van der Waals surface area contributed by atoms with Crippen molar-refractivity contribution in [3.8, 4) is 0 Å². The molecule has 1 aliphatic rings. The molecule has 1 aromatic carbocycles. The Labute approximate surface area is 93.6 Å². The second-order valence-corrected chi connectivity index (χ2v) is 4.81. The summed E-state index contributed by atoms with van der Waals surface area (Å²) >= 11 is -1.31. The lowest BCUT2D eigenvalue weighted by molar-refractivity contribution is 0.243. The highest BCUT2D eigenvalue weighted by Crippen LogP contribution is 2.27. The van der Waals surface area contributed by atoms with E-state index in [0.29, 0.717) is 6.54 Å². The Balaban J connectivity index is 2.14. The minimum atomic E-state index is -1.31. The molecule has 0 radical (unpaired) electrons. The standard InChI is InChI=1S/C11H15NO2S/c1-3-11-8-12(15(13)14-11)10-6-4-9(2)5-7-10/h4-7,11H,3,8H2,1-2H3/t11-,15?/m1/s1. The Hall–Kier alpha value is -0.710. The van der Waals surface area contributed by atoms with Crippen LogP contribution in [-0.4, -0.2) is 17.2 Å². The predicted molar refractivity (Wildman–Crippen MR) is 61.8 cm³/mol. The molecule has 0 N–H and O–H groups in total. The molecule has 0 aliphatic carbocycles. The zero-order chi connectivity index (χ0) is 10.8. The molecule has 1 unspecified atom stereocenters. The molecule has 15 heavy (non-hydrogen) atoms. The zero-order valence-electron chi connectivity index (χ0n) is 8.97. The molecule has 1 saturated heterocycles. The van der Waals surface area contributed by atoms with Crippen LogP contribution in [0.15, 0.2) is 24.3 Å². The van der Waals surface area contributed by atoms with Crippen LogP contribution in [0.4, 0.5) is 5.69 Å². The van der Waals surface area contributed by atoms with Crippen LogP contribution in [0.5, 0.6) is 0 Å². The number of aryl methyl sites for hydroxylation is 1. The summed E-state index contributed by atoms with van der Waals surface area (Å²) in [5, 5.41) is 0. The summed E-state index contributed by atoms with van der Waals surface area (Å²) in [6.45, 7) is 4.79. The van der Waals surface area contributed by atoms with E-state index in [4.69, 9.17) is 4.18 Å². The van der Waals surface area contributed by atoms with Gasteiger partial charge in [-0.3, -0.25) is 0 Å². The number of hydrogen-bond donors (Lipinski definition) is 0. The maximum Gasteiger partial charge on any atom is 0.246 e. The second kappa shape index (κ2) is 4.43. The van der Waals surface area contributed by atoms with E-state index in [1.807, 2.05) is 38.1 Å². The normalized spacial score (nSPS) is 25.9. The number of anilines is 1. The number of nitrogens with zero attached hydrogens (tertiary/aromatic N) is 1. The van der Waals surface area contributed by atoms with Gasteiger partial charge in [-0.25, -0.2) is 0 Å². The van der Waals surface area contributed by atoms with Crippen LogP contribution in [0.1, 0.15) is 18.9 Å². The van der Waals surface area contributed by atoms with Crippen LogP contribution >= 0.6 is 0 Å². The van der Waals surface area contributed by atoms with Crippen molar-refractivity contribution >= 4 is 17.3 Å². The smallest absolute Gasteiger partial charge is 0.246 e. The molecule has 1 aliphatic heterocycles. The molecule has 82 valence electrons. The van der Waals surface area contributed by atoms with Crippen LogP contribution in [0.3, 0.4) is 0 Å². The summed E-state index contributed by atoms with van der Waals surface area (Å²) in [5.74, 6) is 0. The van der Waals surface area contributed by atoms with Crippen molar-refractivity contribution < 1.29 is 8.74 Å². The van der Waals surface area contributed by atoms with Crippen molar-refractivity contribution in [1.29, 1.82) is 0 Å². The third-order valence-electron chi connectivity index (χ3n) is 2.55. The third-order valence-corrected chi connectivity index (χ3v) is 3.70. The fourth-order valence-corrected chi connectivity index (χ4v) is 2.66. The highest BCUT2D eigenvalue weighted by atomic mass is 32.2. The molecule has 2 rings (SSSR count). The Bertz CT molecular complexity index is 328. The summed E-state index contributed by atoms with van der Waals surface area (Å²) < 4.78 is 18.7. The van der Waals surface area contributed by atoms with Gasteiger partial charge in [-0.05, 0) is 25.5 Å². The highest BCUT2D eigenvalue weighted by Gasteiger charge is 2.36. The molecule has 3 nitrogen and oxygen atoms in total. The topological polar surface area (TPSA) is 35.5 Å². The van der Waals surface area contributed by atoms with Crippen LogP contribution in [0.25, 0.3) is 0 Å². The minimum Gasteiger partial charge on any atom is -0.560 e. The number of rotatable bonds is 2. The Morgan fingerprint density at radius 1 is 1.47 bits per heavy atom. The van der Waals surface area contributed by atoms with E-state index in [1.165, 1.54) is 5.56 Å². The Morgan fingerprint density at radius 3 is 2.67 bits per heavy atom. The van der Waals surface area contributed by atoms with Gasteiger partial charge in [-0.1, -0.05) is 24.6 Å². The van der Waals surface area contributed by atoms with Crippen LogP contribution in [0, 0.1) is 6.92 Å². The van der Waals surface area contributed by atoms with Crippen molar-refractivity contribution in [3.63, 3.8) is 0 Å². The van der Waals surface area contributed by atoms with Crippen LogP contribution in [0.2, 0.25) is 0 Å². The first-order chi connectivity index (χ1) is 7.20. The third kappa shape index (κ3) is 2.27. The first-order valence-electron chi connectivity index (χ1n) is 5.14. The fraction of sp³-hybridized carbons (Fsp3) is 0.455. The molecule has 2 atom stereocenters. The van der Waals surface area contributed by atoms with Crippen molar-refractivity contribution in [1.82, 2.24) is 0 Å². The van der Waals surface area contributed by atoms with E-state index < -0.39 is 11.6 Å². The van der Waals surface area contributed by atoms with Gasteiger partial charge in [0.25, 0.3) is 0 Å². The highest BCUT2D eigenvalue weighted by molar-refractivity contribution is 7.88. The van der Waals surface area contributed by atoms with Gasteiger partial charge in [-0.15, -0.1) is 4.18 Å². The predicted octanol–water partition coefficient (Wildman–Crippen LogP) is 2.19. The summed E-state index contributed by atoms with van der Waals surface area (Å²) in [6, 6.07) is 8.00. The quantitative estimate of drug-likeness (QED) is 0.724. The first kappa shape index (κ1) is 10.8. The Kier molecular flexibility index (Phi) is 3.19. The van der Waals surface area contributed by atoms with Gasteiger partial charge in [0.05, 0.1) is 5.69 Å². The Morgan fingerprint density at radius 2 is 2.13 bits per heavy atom. The van der Waals surface area contributed by atoms with Crippen LogP contribution in [-0.2, 0) is 15.8 Å². The molecule has 1 aromatic rings. The summed E-state index contributed by atoms with van der Waals surface area (Å²) in [7, 11) is 0. The average molecular weight is 225 g/mol. The van der Waals surface area contributed by atoms with Gasteiger partial charge >= 0.3 is 0 Å². The zero-order valence-corrected chi connectivity index (χ0v) is 9.79. The first-order valence-corrected chi connectivity index (χ1v) is 6.17. The van der Waals surface area contributed by atoms with Gasteiger partial charge in [0.2, 0.25) is 11.6 Å². The van der Waals surface area contributed by atoms with E-state index in [0.717, 1.165) is 12.1 Å². The lowest BCUT2D eigenvalue weighted by Crippen LogP contribution is -2.25. The SMILES string of the molecule is CC[C@@H]1CN(c2ccc(C)cc2)[S+]([O-])O1. The molecular weight excluding hydrogens is 210 g/mol. The van der Waals surface area contributed by atoms with Gasteiger partial charge < -0.3 is 4.55 Å². The molecular formula is C11H15NO2S. The van der Waals surface area contributed by atoms with Gasteiger partial charge in [0.1, 0.15) is 12.6 Å². The van der Waals surface area contributed by atoms with E-state index in [1.54, 1.807) is 4.31 Å². The van der Waals surface area contributed by atoms with Crippen LogP contribution < -0.4 is 4.31 Å². The molecule has 1 fully saturated rings. The summed E-state index contributed by atoms with van der Waals surface area (Å²) in [6.07, 6.45) is 0.987. The van der Waals surface area contributed by atoms with E-state index >= 15 is 0 Å². The van der Waals surface area contributed by atoms with E-state index in [-0.39, 0.29) is 6.10 Å². The lowest BCUT2D eigenvalue weighted by Gasteiger charge is -2.14. The van der Waals surface area contributed by atoms with E-state index in [9.17, 15) is 4.55 Å². The second-order valence-electron chi connectivity index (χ2n) is 3.74.